The van der Waals surface area contributed by atoms with Gasteiger partial charge in [-0.05, 0) is 20.8 Å². The average Bonchev–Trinajstić information content (AvgIpc) is 2.53. The standard InChI is InChI=1S/C10H15N3O2S/c1-5(9(11)16)10(14)12-4-8-13-6(2)7(3)15-8/h5H,4H2,1-3H3,(H2,11,16)(H,12,14). The van der Waals surface area contributed by atoms with Gasteiger partial charge in [-0.3, -0.25) is 4.79 Å². The van der Waals surface area contributed by atoms with Crippen LogP contribution in [0.3, 0.4) is 0 Å². The molecule has 16 heavy (non-hydrogen) atoms. The lowest BCUT2D eigenvalue weighted by Crippen LogP contribution is -2.35. The highest BCUT2D eigenvalue weighted by Gasteiger charge is 2.16. The van der Waals surface area contributed by atoms with Gasteiger partial charge < -0.3 is 15.5 Å². The van der Waals surface area contributed by atoms with Crippen molar-refractivity contribution in [3.05, 3.63) is 17.3 Å². The molecular weight excluding hydrogens is 226 g/mol. The molecule has 1 aromatic heterocycles. The molecule has 0 bridgehead atoms. The Labute approximate surface area is 99.4 Å². The second-order valence-electron chi connectivity index (χ2n) is 3.59. The van der Waals surface area contributed by atoms with E-state index in [0.29, 0.717) is 5.89 Å². The van der Waals surface area contributed by atoms with Gasteiger partial charge in [0.15, 0.2) is 0 Å². The molecule has 0 saturated heterocycles. The SMILES string of the molecule is Cc1nc(CNC(=O)C(C)C(N)=S)oc1C. The van der Waals surface area contributed by atoms with E-state index in [0.717, 1.165) is 11.5 Å². The number of nitrogens with zero attached hydrogens (tertiary/aromatic N) is 1. The van der Waals surface area contributed by atoms with Crippen molar-refractivity contribution in [2.24, 2.45) is 11.7 Å². The molecule has 88 valence electrons. The Hall–Kier alpha value is -1.43. The van der Waals surface area contributed by atoms with E-state index < -0.39 is 5.92 Å². The van der Waals surface area contributed by atoms with Gasteiger partial charge in [-0.25, -0.2) is 4.98 Å². The Morgan fingerprint density at radius 1 is 1.62 bits per heavy atom. The molecule has 1 aromatic rings. The molecule has 5 nitrogen and oxygen atoms in total. The largest absolute Gasteiger partial charge is 0.444 e. The molecule has 0 fully saturated rings. The number of hydrogen-bond donors (Lipinski definition) is 2. The van der Waals surface area contributed by atoms with Crippen LogP contribution in [0.2, 0.25) is 0 Å². The first-order chi connectivity index (χ1) is 7.41. The normalized spacial score (nSPS) is 12.2. The summed E-state index contributed by atoms with van der Waals surface area (Å²) in [5, 5.41) is 2.66. The zero-order valence-corrected chi connectivity index (χ0v) is 10.4. The number of aromatic nitrogens is 1. The zero-order valence-electron chi connectivity index (χ0n) is 9.53. The fourth-order valence-corrected chi connectivity index (χ4v) is 1.17. The van der Waals surface area contributed by atoms with Crippen LogP contribution in [0.4, 0.5) is 0 Å². The maximum Gasteiger partial charge on any atom is 0.230 e. The van der Waals surface area contributed by atoms with Gasteiger partial charge in [0.1, 0.15) is 5.76 Å². The molecule has 0 radical (unpaired) electrons. The van der Waals surface area contributed by atoms with Crippen molar-refractivity contribution in [3.8, 4) is 0 Å². The molecule has 1 heterocycles. The molecule has 1 amide bonds. The smallest absolute Gasteiger partial charge is 0.230 e. The molecule has 1 atom stereocenters. The number of aryl methyl sites for hydroxylation is 2. The Morgan fingerprint density at radius 2 is 2.25 bits per heavy atom. The van der Waals surface area contributed by atoms with Crippen LogP contribution < -0.4 is 11.1 Å². The second kappa shape index (κ2) is 5.07. The molecular formula is C10H15N3O2S. The number of carbonyl (C=O) groups is 1. The van der Waals surface area contributed by atoms with Crippen LogP contribution in [0.5, 0.6) is 0 Å². The summed E-state index contributed by atoms with van der Waals surface area (Å²) in [6, 6.07) is 0. The van der Waals surface area contributed by atoms with Gasteiger partial charge in [-0.1, -0.05) is 12.2 Å². The van der Waals surface area contributed by atoms with E-state index in [2.05, 4.69) is 10.3 Å². The number of thiocarbonyl (C=S) groups is 1. The summed E-state index contributed by atoms with van der Waals surface area (Å²) in [6.07, 6.45) is 0. The summed E-state index contributed by atoms with van der Waals surface area (Å²) >= 11 is 4.73. The molecule has 6 heteroatoms. The Bertz CT molecular complexity index is 395. The van der Waals surface area contributed by atoms with Crippen LogP contribution in [0.25, 0.3) is 0 Å². The van der Waals surface area contributed by atoms with Gasteiger partial charge in [0.05, 0.1) is 23.1 Å². The molecule has 1 unspecified atom stereocenters. The van der Waals surface area contributed by atoms with Crippen LogP contribution in [0.15, 0.2) is 4.42 Å². The van der Waals surface area contributed by atoms with E-state index >= 15 is 0 Å². The molecule has 3 N–H and O–H groups in total. The number of carbonyl (C=O) groups excluding carboxylic acids is 1. The number of oxazole rings is 1. The molecule has 0 aliphatic carbocycles. The number of amides is 1. The maximum absolute atomic E-state index is 11.5. The first kappa shape index (κ1) is 12.6. The van der Waals surface area contributed by atoms with E-state index in [-0.39, 0.29) is 17.4 Å². The van der Waals surface area contributed by atoms with E-state index in [1.54, 1.807) is 6.92 Å². The van der Waals surface area contributed by atoms with Crippen LogP contribution >= 0.6 is 12.2 Å². The zero-order chi connectivity index (χ0) is 12.3. The minimum absolute atomic E-state index is 0.178. The average molecular weight is 241 g/mol. The lowest BCUT2D eigenvalue weighted by Gasteiger charge is -2.08. The minimum Gasteiger partial charge on any atom is -0.444 e. The highest BCUT2D eigenvalue weighted by Crippen LogP contribution is 2.08. The van der Waals surface area contributed by atoms with Crippen molar-refractivity contribution in [1.82, 2.24) is 10.3 Å². The molecule has 0 spiro atoms. The molecule has 1 rings (SSSR count). The minimum atomic E-state index is -0.479. The number of rotatable bonds is 4. The van der Waals surface area contributed by atoms with Crippen molar-refractivity contribution in [1.29, 1.82) is 0 Å². The Morgan fingerprint density at radius 3 is 2.69 bits per heavy atom. The fourth-order valence-electron chi connectivity index (χ4n) is 1.06. The van der Waals surface area contributed by atoms with Crippen LogP contribution in [0, 0.1) is 19.8 Å². The van der Waals surface area contributed by atoms with Crippen molar-refractivity contribution in [2.75, 3.05) is 0 Å². The van der Waals surface area contributed by atoms with Gasteiger partial charge in [0, 0.05) is 0 Å². The third-order valence-electron chi connectivity index (χ3n) is 2.31. The number of nitrogens with two attached hydrogens (primary N) is 1. The maximum atomic E-state index is 11.5. The molecule has 0 saturated carbocycles. The summed E-state index contributed by atoms with van der Waals surface area (Å²) in [6.45, 7) is 5.58. The topological polar surface area (TPSA) is 81.2 Å². The summed E-state index contributed by atoms with van der Waals surface area (Å²) in [5.74, 6) is 0.540. The van der Waals surface area contributed by atoms with Gasteiger partial charge >= 0.3 is 0 Å². The van der Waals surface area contributed by atoms with Gasteiger partial charge in [-0.2, -0.15) is 0 Å². The predicted molar refractivity (Wildman–Crippen MR) is 63.8 cm³/mol. The van der Waals surface area contributed by atoms with E-state index in [1.807, 2.05) is 13.8 Å². The van der Waals surface area contributed by atoms with Crippen molar-refractivity contribution >= 4 is 23.1 Å². The summed E-state index contributed by atoms with van der Waals surface area (Å²) in [7, 11) is 0. The lowest BCUT2D eigenvalue weighted by molar-refractivity contribution is -0.122. The van der Waals surface area contributed by atoms with Crippen molar-refractivity contribution in [3.63, 3.8) is 0 Å². The van der Waals surface area contributed by atoms with E-state index in [4.69, 9.17) is 22.4 Å². The summed E-state index contributed by atoms with van der Waals surface area (Å²) in [5.41, 5.74) is 6.19. The molecule has 0 aromatic carbocycles. The summed E-state index contributed by atoms with van der Waals surface area (Å²) in [4.78, 5) is 15.8. The Kier molecular flexibility index (Phi) is 4.00. The highest BCUT2D eigenvalue weighted by molar-refractivity contribution is 7.80. The number of nitrogens with one attached hydrogen (secondary N) is 1. The number of hydrogen-bond acceptors (Lipinski definition) is 4. The first-order valence-electron chi connectivity index (χ1n) is 4.91. The summed E-state index contributed by atoms with van der Waals surface area (Å²) < 4.78 is 5.31. The second-order valence-corrected chi connectivity index (χ2v) is 4.06. The fraction of sp³-hybridized carbons (Fsp3) is 0.500. The monoisotopic (exact) mass is 241 g/mol. The first-order valence-corrected chi connectivity index (χ1v) is 5.32. The quantitative estimate of drug-likeness (QED) is 0.763. The lowest BCUT2D eigenvalue weighted by atomic mass is 10.2. The third-order valence-corrected chi connectivity index (χ3v) is 2.66. The van der Waals surface area contributed by atoms with Gasteiger partial charge in [0.2, 0.25) is 11.8 Å². The predicted octanol–water partition coefficient (Wildman–Crippen LogP) is 0.830. The van der Waals surface area contributed by atoms with Gasteiger partial charge in [-0.15, -0.1) is 0 Å². The molecule has 0 aliphatic rings. The van der Waals surface area contributed by atoms with Crippen LogP contribution in [-0.2, 0) is 11.3 Å². The van der Waals surface area contributed by atoms with Gasteiger partial charge in [0.25, 0.3) is 0 Å². The van der Waals surface area contributed by atoms with Crippen molar-refractivity contribution < 1.29 is 9.21 Å². The van der Waals surface area contributed by atoms with E-state index in [9.17, 15) is 4.79 Å². The Balaban J connectivity index is 2.52. The van der Waals surface area contributed by atoms with Crippen LogP contribution in [-0.4, -0.2) is 15.9 Å². The van der Waals surface area contributed by atoms with Crippen LogP contribution in [0.1, 0.15) is 24.3 Å². The third kappa shape index (κ3) is 3.03. The van der Waals surface area contributed by atoms with E-state index in [1.165, 1.54) is 0 Å². The molecule has 0 aliphatic heterocycles. The van der Waals surface area contributed by atoms with Crippen molar-refractivity contribution in [2.45, 2.75) is 27.3 Å². The highest BCUT2D eigenvalue weighted by atomic mass is 32.1.